The van der Waals surface area contributed by atoms with Crippen LogP contribution in [0.3, 0.4) is 0 Å². The Kier molecular flexibility index (Phi) is 5.00. The first kappa shape index (κ1) is 14.5. The van der Waals surface area contributed by atoms with E-state index in [1.165, 1.54) is 42.7 Å². The summed E-state index contributed by atoms with van der Waals surface area (Å²) in [5, 5.41) is 3.45. The van der Waals surface area contributed by atoms with Gasteiger partial charge >= 0.3 is 0 Å². The lowest BCUT2D eigenvalue weighted by molar-refractivity contribution is 0.278. The molecule has 1 aromatic carbocycles. The average molecular weight is 260 g/mol. The molecule has 0 aromatic heterocycles. The van der Waals surface area contributed by atoms with E-state index >= 15 is 0 Å². The van der Waals surface area contributed by atoms with Gasteiger partial charge in [0.1, 0.15) is 0 Å². The molecular formula is C17H28N2. The molecule has 106 valence electrons. The third-order valence-electron chi connectivity index (χ3n) is 4.21. The summed E-state index contributed by atoms with van der Waals surface area (Å²) in [5.74, 6) is 1.45. The number of benzene rings is 1. The predicted molar refractivity (Wildman–Crippen MR) is 82.6 cm³/mol. The monoisotopic (exact) mass is 260 g/mol. The van der Waals surface area contributed by atoms with Crippen molar-refractivity contribution in [1.82, 2.24) is 10.2 Å². The van der Waals surface area contributed by atoms with Gasteiger partial charge in [-0.25, -0.2) is 0 Å². The van der Waals surface area contributed by atoms with E-state index < -0.39 is 0 Å². The van der Waals surface area contributed by atoms with Crippen LogP contribution in [0.15, 0.2) is 18.2 Å². The maximum absolute atomic E-state index is 3.45. The molecule has 1 heterocycles. The summed E-state index contributed by atoms with van der Waals surface area (Å²) < 4.78 is 0. The highest BCUT2D eigenvalue weighted by atomic mass is 15.1. The lowest BCUT2D eigenvalue weighted by Crippen LogP contribution is -2.27. The second-order valence-electron chi connectivity index (χ2n) is 6.40. The van der Waals surface area contributed by atoms with E-state index in [2.05, 4.69) is 56.2 Å². The zero-order valence-electron chi connectivity index (χ0n) is 12.9. The molecule has 2 heteroatoms. The molecule has 1 aliphatic heterocycles. The maximum Gasteiger partial charge on any atom is 0.0233 e. The molecule has 19 heavy (non-hydrogen) atoms. The Balaban J connectivity index is 1.98. The minimum absolute atomic E-state index is 0.615. The minimum Gasteiger partial charge on any atom is -0.316 e. The first-order chi connectivity index (χ1) is 9.06. The molecule has 0 bridgehead atoms. The molecule has 1 N–H and O–H groups in total. The second-order valence-corrected chi connectivity index (χ2v) is 6.40. The molecule has 2 nitrogen and oxygen atoms in total. The van der Waals surface area contributed by atoms with E-state index in [1.807, 2.05) is 0 Å². The number of rotatable bonds is 5. The van der Waals surface area contributed by atoms with Gasteiger partial charge in [0.25, 0.3) is 0 Å². The van der Waals surface area contributed by atoms with Crippen molar-refractivity contribution in [3.8, 4) is 0 Å². The second kappa shape index (κ2) is 6.53. The van der Waals surface area contributed by atoms with Crippen LogP contribution in [0.25, 0.3) is 0 Å². The fraction of sp³-hybridized carbons (Fsp3) is 0.647. The zero-order valence-corrected chi connectivity index (χ0v) is 12.9. The minimum atomic E-state index is 0.615. The Bertz CT molecular complexity index is 406. The summed E-state index contributed by atoms with van der Waals surface area (Å²) in [4.78, 5) is 2.48. The summed E-state index contributed by atoms with van der Waals surface area (Å²) in [5.41, 5.74) is 4.36. The van der Waals surface area contributed by atoms with Gasteiger partial charge in [0.05, 0.1) is 0 Å². The van der Waals surface area contributed by atoms with E-state index in [-0.39, 0.29) is 0 Å². The fourth-order valence-electron chi connectivity index (χ4n) is 2.89. The number of aryl methyl sites for hydroxylation is 1. The van der Waals surface area contributed by atoms with Crippen molar-refractivity contribution in [1.29, 1.82) is 0 Å². The van der Waals surface area contributed by atoms with E-state index in [0.717, 1.165) is 12.5 Å². The predicted octanol–water partition coefficient (Wildman–Crippen LogP) is 3.16. The normalized spacial score (nSPS) is 19.6. The fourth-order valence-corrected chi connectivity index (χ4v) is 2.89. The molecule has 1 fully saturated rings. The Hall–Kier alpha value is -0.860. The van der Waals surface area contributed by atoms with Gasteiger partial charge in [0.15, 0.2) is 0 Å². The van der Waals surface area contributed by atoms with Crippen LogP contribution in [0, 0.1) is 12.8 Å². The van der Waals surface area contributed by atoms with Crippen LogP contribution in [0.2, 0.25) is 0 Å². The van der Waals surface area contributed by atoms with E-state index in [4.69, 9.17) is 0 Å². The largest absolute Gasteiger partial charge is 0.316 e. The molecular weight excluding hydrogens is 232 g/mol. The number of hydrogen-bond donors (Lipinski definition) is 1. The first-order valence-electron chi connectivity index (χ1n) is 7.55. The molecule has 1 atom stereocenters. The molecule has 1 aromatic rings. The first-order valence-corrected chi connectivity index (χ1v) is 7.55. The third-order valence-corrected chi connectivity index (χ3v) is 4.21. The van der Waals surface area contributed by atoms with Crippen LogP contribution in [0.1, 0.15) is 42.9 Å². The molecule has 0 saturated carbocycles. The van der Waals surface area contributed by atoms with Crippen LogP contribution >= 0.6 is 0 Å². The molecule has 2 rings (SSSR count). The van der Waals surface area contributed by atoms with Crippen molar-refractivity contribution in [3.63, 3.8) is 0 Å². The van der Waals surface area contributed by atoms with Crippen molar-refractivity contribution < 1.29 is 0 Å². The van der Waals surface area contributed by atoms with Crippen molar-refractivity contribution in [2.24, 2.45) is 5.92 Å². The highest BCUT2D eigenvalue weighted by molar-refractivity contribution is 5.32. The molecule has 1 aliphatic rings. The van der Waals surface area contributed by atoms with Crippen molar-refractivity contribution in [2.75, 3.05) is 26.7 Å². The quantitative estimate of drug-likeness (QED) is 0.875. The molecule has 0 radical (unpaired) electrons. The number of hydrogen-bond acceptors (Lipinski definition) is 2. The van der Waals surface area contributed by atoms with Gasteiger partial charge in [-0.1, -0.05) is 32.0 Å². The van der Waals surface area contributed by atoms with Crippen LogP contribution < -0.4 is 5.32 Å². The summed E-state index contributed by atoms with van der Waals surface area (Å²) >= 11 is 0. The van der Waals surface area contributed by atoms with Gasteiger partial charge in [0.2, 0.25) is 0 Å². The van der Waals surface area contributed by atoms with E-state index in [9.17, 15) is 0 Å². The standard InChI is InChI=1S/C17H28N2/c1-13(2)16-6-5-14(3)17(9-16)12-19(4)11-15-7-8-18-10-15/h5-6,9,13,15,18H,7-8,10-12H2,1-4H3. The topological polar surface area (TPSA) is 15.3 Å². The van der Waals surface area contributed by atoms with Crippen LogP contribution in [0.4, 0.5) is 0 Å². The van der Waals surface area contributed by atoms with Crippen LogP contribution in [0.5, 0.6) is 0 Å². The third kappa shape index (κ3) is 4.05. The van der Waals surface area contributed by atoms with Gasteiger partial charge in [-0.05, 0) is 62.0 Å². The van der Waals surface area contributed by atoms with Gasteiger partial charge < -0.3 is 10.2 Å². The van der Waals surface area contributed by atoms with Gasteiger partial charge in [-0.3, -0.25) is 0 Å². The Labute approximate surface area is 118 Å². The summed E-state index contributed by atoms with van der Waals surface area (Å²) in [7, 11) is 2.25. The van der Waals surface area contributed by atoms with Gasteiger partial charge in [-0.2, -0.15) is 0 Å². The smallest absolute Gasteiger partial charge is 0.0233 e. The van der Waals surface area contributed by atoms with Gasteiger partial charge in [0, 0.05) is 13.1 Å². The highest BCUT2D eigenvalue weighted by Crippen LogP contribution is 2.20. The lowest BCUT2D eigenvalue weighted by Gasteiger charge is -2.22. The molecule has 0 spiro atoms. The van der Waals surface area contributed by atoms with Crippen LogP contribution in [-0.2, 0) is 6.54 Å². The zero-order chi connectivity index (χ0) is 13.8. The Morgan fingerprint density at radius 1 is 1.37 bits per heavy atom. The van der Waals surface area contributed by atoms with Crippen molar-refractivity contribution in [2.45, 2.75) is 39.7 Å². The lowest BCUT2D eigenvalue weighted by atomic mass is 9.97. The molecule has 1 unspecified atom stereocenters. The van der Waals surface area contributed by atoms with E-state index in [0.29, 0.717) is 5.92 Å². The van der Waals surface area contributed by atoms with Gasteiger partial charge in [-0.15, -0.1) is 0 Å². The summed E-state index contributed by atoms with van der Waals surface area (Å²) in [6.07, 6.45) is 1.33. The highest BCUT2D eigenvalue weighted by Gasteiger charge is 2.16. The van der Waals surface area contributed by atoms with Crippen LogP contribution in [-0.4, -0.2) is 31.6 Å². The van der Waals surface area contributed by atoms with E-state index in [1.54, 1.807) is 0 Å². The SMILES string of the molecule is Cc1ccc(C(C)C)cc1CN(C)CC1CCNC1. The molecule has 0 aliphatic carbocycles. The number of nitrogens with one attached hydrogen (secondary N) is 1. The molecule has 1 saturated heterocycles. The molecule has 0 amide bonds. The number of nitrogens with zero attached hydrogens (tertiary/aromatic N) is 1. The summed E-state index contributed by atoms with van der Waals surface area (Å²) in [6.45, 7) is 11.4. The van der Waals surface area contributed by atoms with Crippen molar-refractivity contribution in [3.05, 3.63) is 34.9 Å². The average Bonchev–Trinajstić information content (AvgIpc) is 2.84. The Morgan fingerprint density at radius 2 is 2.16 bits per heavy atom. The maximum atomic E-state index is 3.45. The summed E-state index contributed by atoms with van der Waals surface area (Å²) in [6, 6.07) is 6.93. The van der Waals surface area contributed by atoms with Crippen molar-refractivity contribution >= 4 is 0 Å². The Morgan fingerprint density at radius 3 is 2.79 bits per heavy atom.